The molecular weight excluding hydrogens is 333 g/mol. The van der Waals surface area contributed by atoms with E-state index >= 15 is 0 Å². The van der Waals surface area contributed by atoms with Gasteiger partial charge in [-0.2, -0.15) is 0 Å². The SMILES string of the molecule is CS(=O)(=O)NC(=O)c1ccc(Oc2ccc(F)c(Cl)c2)cc1. The number of carbonyl (C=O) groups is 1. The molecule has 0 saturated heterocycles. The van der Waals surface area contributed by atoms with Crippen LogP contribution in [0.25, 0.3) is 0 Å². The van der Waals surface area contributed by atoms with Crippen molar-refractivity contribution in [3.05, 3.63) is 58.9 Å². The van der Waals surface area contributed by atoms with E-state index in [0.29, 0.717) is 11.5 Å². The van der Waals surface area contributed by atoms with Crippen LogP contribution in [0.15, 0.2) is 42.5 Å². The van der Waals surface area contributed by atoms with E-state index in [-0.39, 0.29) is 10.6 Å². The second kappa shape index (κ2) is 6.33. The third kappa shape index (κ3) is 4.44. The molecule has 0 aliphatic rings. The minimum atomic E-state index is -3.62. The van der Waals surface area contributed by atoms with Gasteiger partial charge in [0.05, 0.1) is 11.3 Å². The van der Waals surface area contributed by atoms with E-state index in [2.05, 4.69) is 0 Å². The maximum Gasteiger partial charge on any atom is 0.264 e. The Balaban J connectivity index is 2.12. The lowest BCUT2D eigenvalue weighted by Crippen LogP contribution is -2.29. The average Bonchev–Trinajstić information content (AvgIpc) is 2.42. The first-order valence-corrected chi connectivity index (χ1v) is 8.26. The van der Waals surface area contributed by atoms with Crippen molar-refractivity contribution in [2.75, 3.05) is 6.26 Å². The number of ether oxygens (including phenoxy) is 1. The van der Waals surface area contributed by atoms with Crippen molar-refractivity contribution in [3.63, 3.8) is 0 Å². The Bertz CT molecular complexity index is 806. The number of amides is 1. The zero-order valence-electron chi connectivity index (χ0n) is 11.3. The molecule has 116 valence electrons. The van der Waals surface area contributed by atoms with Crippen molar-refractivity contribution < 1.29 is 22.3 Å². The molecular formula is C14H11ClFNO4S. The van der Waals surface area contributed by atoms with Gasteiger partial charge >= 0.3 is 0 Å². The first kappa shape index (κ1) is 16.3. The predicted molar refractivity (Wildman–Crippen MR) is 80.2 cm³/mol. The molecule has 22 heavy (non-hydrogen) atoms. The van der Waals surface area contributed by atoms with Crippen molar-refractivity contribution in [2.45, 2.75) is 0 Å². The van der Waals surface area contributed by atoms with Gasteiger partial charge in [-0.25, -0.2) is 17.5 Å². The van der Waals surface area contributed by atoms with E-state index in [9.17, 15) is 17.6 Å². The van der Waals surface area contributed by atoms with E-state index in [1.165, 1.54) is 42.5 Å². The molecule has 0 unspecified atom stereocenters. The lowest BCUT2D eigenvalue weighted by atomic mass is 10.2. The normalized spacial score (nSPS) is 11.0. The third-order valence-corrected chi connectivity index (χ3v) is 3.37. The molecule has 0 aromatic heterocycles. The van der Waals surface area contributed by atoms with Gasteiger partial charge in [0.25, 0.3) is 5.91 Å². The van der Waals surface area contributed by atoms with Crippen LogP contribution >= 0.6 is 11.6 Å². The molecule has 0 saturated carbocycles. The monoisotopic (exact) mass is 343 g/mol. The molecule has 0 aliphatic carbocycles. The number of sulfonamides is 1. The van der Waals surface area contributed by atoms with Gasteiger partial charge in [-0.15, -0.1) is 0 Å². The fourth-order valence-electron chi connectivity index (χ4n) is 1.58. The minimum Gasteiger partial charge on any atom is -0.457 e. The molecule has 1 amide bonds. The van der Waals surface area contributed by atoms with E-state index in [4.69, 9.17) is 16.3 Å². The number of rotatable bonds is 4. The summed E-state index contributed by atoms with van der Waals surface area (Å²) in [5.41, 5.74) is 0.162. The van der Waals surface area contributed by atoms with Crippen LogP contribution < -0.4 is 9.46 Å². The van der Waals surface area contributed by atoms with Crippen LogP contribution in [-0.2, 0) is 10.0 Å². The first-order chi connectivity index (χ1) is 10.2. The molecule has 0 spiro atoms. The number of halogens is 2. The summed E-state index contributed by atoms with van der Waals surface area (Å²) in [6.07, 6.45) is 0.890. The van der Waals surface area contributed by atoms with Gasteiger partial charge in [0, 0.05) is 11.6 Å². The predicted octanol–water partition coefficient (Wildman–Crippen LogP) is 2.96. The molecule has 8 heteroatoms. The number of benzene rings is 2. The Kier molecular flexibility index (Phi) is 4.68. The summed E-state index contributed by atoms with van der Waals surface area (Å²) in [5, 5.41) is -0.0679. The molecule has 0 atom stereocenters. The largest absolute Gasteiger partial charge is 0.457 e. The van der Waals surface area contributed by atoms with Crippen LogP contribution in [0.4, 0.5) is 4.39 Å². The molecule has 2 rings (SSSR count). The van der Waals surface area contributed by atoms with Crippen LogP contribution in [0.5, 0.6) is 11.5 Å². The van der Waals surface area contributed by atoms with Gasteiger partial charge in [0.1, 0.15) is 17.3 Å². The quantitative estimate of drug-likeness (QED) is 0.926. The van der Waals surface area contributed by atoms with Gasteiger partial charge in [-0.05, 0) is 36.4 Å². The van der Waals surface area contributed by atoms with Gasteiger partial charge in [0.2, 0.25) is 10.0 Å². The van der Waals surface area contributed by atoms with Gasteiger partial charge in [-0.3, -0.25) is 4.79 Å². The molecule has 0 heterocycles. The number of hydrogen-bond donors (Lipinski definition) is 1. The number of nitrogens with one attached hydrogen (secondary N) is 1. The summed E-state index contributed by atoms with van der Waals surface area (Å²) < 4.78 is 42.3. The standard InChI is InChI=1S/C14H11ClFNO4S/c1-22(19,20)17-14(18)9-2-4-10(5-3-9)21-11-6-7-13(16)12(15)8-11/h2-8H,1H3,(H,17,18). The molecule has 1 N–H and O–H groups in total. The Morgan fingerprint density at radius 3 is 2.27 bits per heavy atom. The van der Waals surface area contributed by atoms with Gasteiger partial charge in [0.15, 0.2) is 0 Å². The second-order valence-corrected chi connectivity index (χ2v) is 6.56. The molecule has 0 bridgehead atoms. The number of carbonyl (C=O) groups excluding carboxylic acids is 1. The van der Waals surface area contributed by atoms with Crippen molar-refractivity contribution in [3.8, 4) is 11.5 Å². The maximum absolute atomic E-state index is 13.0. The fourth-order valence-corrected chi connectivity index (χ4v) is 2.20. The van der Waals surface area contributed by atoms with Crippen molar-refractivity contribution in [1.29, 1.82) is 0 Å². The molecule has 0 radical (unpaired) electrons. The highest BCUT2D eigenvalue weighted by Gasteiger charge is 2.11. The molecule has 0 fully saturated rings. The highest BCUT2D eigenvalue weighted by molar-refractivity contribution is 7.89. The topological polar surface area (TPSA) is 72.5 Å². The third-order valence-electron chi connectivity index (χ3n) is 2.52. The second-order valence-electron chi connectivity index (χ2n) is 4.41. The zero-order valence-corrected chi connectivity index (χ0v) is 12.9. The first-order valence-electron chi connectivity index (χ1n) is 6.00. The van der Waals surface area contributed by atoms with Crippen LogP contribution in [0.3, 0.4) is 0 Å². The molecule has 2 aromatic carbocycles. The Morgan fingerprint density at radius 2 is 1.73 bits per heavy atom. The Hall–Kier alpha value is -2.12. The highest BCUT2D eigenvalue weighted by atomic mass is 35.5. The van der Waals surface area contributed by atoms with E-state index in [1.54, 1.807) is 0 Å². The van der Waals surface area contributed by atoms with Crippen molar-refractivity contribution >= 4 is 27.5 Å². The zero-order chi connectivity index (χ0) is 16.3. The molecule has 0 aliphatic heterocycles. The fraction of sp³-hybridized carbons (Fsp3) is 0.0714. The lowest BCUT2D eigenvalue weighted by Gasteiger charge is -2.07. The highest BCUT2D eigenvalue weighted by Crippen LogP contribution is 2.26. The maximum atomic E-state index is 13.0. The summed E-state index contributed by atoms with van der Waals surface area (Å²) in [6, 6.07) is 9.67. The molecule has 2 aromatic rings. The average molecular weight is 344 g/mol. The Labute approximate surface area is 131 Å². The van der Waals surface area contributed by atoms with Crippen LogP contribution in [0.1, 0.15) is 10.4 Å². The lowest BCUT2D eigenvalue weighted by molar-refractivity contribution is 0.0981. The van der Waals surface area contributed by atoms with E-state index < -0.39 is 21.7 Å². The van der Waals surface area contributed by atoms with E-state index in [1.807, 2.05) is 4.72 Å². The summed E-state index contributed by atoms with van der Waals surface area (Å²) >= 11 is 5.64. The van der Waals surface area contributed by atoms with Crippen molar-refractivity contribution in [2.24, 2.45) is 0 Å². The van der Waals surface area contributed by atoms with Crippen LogP contribution in [-0.4, -0.2) is 20.6 Å². The summed E-state index contributed by atoms with van der Waals surface area (Å²) in [7, 11) is -3.62. The smallest absolute Gasteiger partial charge is 0.264 e. The van der Waals surface area contributed by atoms with Crippen LogP contribution in [0.2, 0.25) is 5.02 Å². The summed E-state index contributed by atoms with van der Waals surface area (Å²) in [6.45, 7) is 0. The van der Waals surface area contributed by atoms with Crippen LogP contribution in [0, 0.1) is 5.82 Å². The van der Waals surface area contributed by atoms with E-state index in [0.717, 1.165) is 6.26 Å². The van der Waals surface area contributed by atoms with Gasteiger partial charge < -0.3 is 4.74 Å². The van der Waals surface area contributed by atoms with Gasteiger partial charge in [-0.1, -0.05) is 11.6 Å². The number of hydrogen-bond acceptors (Lipinski definition) is 4. The molecule has 5 nitrogen and oxygen atoms in total. The minimum absolute atomic E-state index is 0.0679. The summed E-state index contributed by atoms with van der Waals surface area (Å²) in [4.78, 5) is 11.6. The van der Waals surface area contributed by atoms with Crippen molar-refractivity contribution in [1.82, 2.24) is 4.72 Å². The Morgan fingerprint density at radius 1 is 1.14 bits per heavy atom. The summed E-state index contributed by atoms with van der Waals surface area (Å²) in [5.74, 6) is -0.570.